The van der Waals surface area contributed by atoms with Crippen LogP contribution < -0.4 is 5.32 Å². The predicted octanol–water partition coefficient (Wildman–Crippen LogP) is -2.41. The molecule has 0 unspecified atom stereocenters. The first-order chi connectivity index (χ1) is 6.97. The van der Waals surface area contributed by atoms with Crippen LogP contribution in [0, 0.1) is 5.92 Å². The molecule has 5 atom stereocenters. The average molecular weight is 219 g/mol. The van der Waals surface area contributed by atoms with Crippen LogP contribution in [-0.2, 0) is 4.79 Å². The van der Waals surface area contributed by atoms with E-state index in [9.17, 15) is 20.1 Å². The van der Waals surface area contributed by atoms with Crippen molar-refractivity contribution in [1.82, 2.24) is 5.32 Å². The number of hydrogen-bond acceptors (Lipinski definition) is 5. The molecular formula is C9H17NO5. The molecule has 0 saturated heterocycles. The summed E-state index contributed by atoms with van der Waals surface area (Å²) >= 11 is 0. The monoisotopic (exact) mass is 219 g/mol. The van der Waals surface area contributed by atoms with E-state index in [1.807, 2.05) is 0 Å². The van der Waals surface area contributed by atoms with Crippen LogP contribution in [0.15, 0.2) is 0 Å². The highest BCUT2D eigenvalue weighted by atomic mass is 16.3. The zero-order valence-electron chi connectivity index (χ0n) is 8.50. The van der Waals surface area contributed by atoms with Crippen molar-refractivity contribution in [1.29, 1.82) is 0 Å². The van der Waals surface area contributed by atoms with E-state index >= 15 is 0 Å². The molecule has 1 saturated carbocycles. The second-order valence-electron chi connectivity index (χ2n) is 3.95. The van der Waals surface area contributed by atoms with Crippen molar-refractivity contribution in [2.24, 2.45) is 5.92 Å². The topological polar surface area (TPSA) is 110 Å². The van der Waals surface area contributed by atoms with Crippen molar-refractivity contribution < 1.29 is 25.2 Å². The Morgan fingerprint density at radius 1 is 1.33 bits per heavy atom. The second kappa shape index (κ2) is 4.89. The molecule has 1 rings (SSSR count). The third-order valence-corrected chi connectivity index (χ3v) is 2.76. The highest BCUT2D eigenvalue weighted by Crippen LogP contribution is 2.25. The lowest BCUT2D eigenvalue weighted by atomic mass is 9.80. The van der Waals surface area contributed by atoms with Crippen LogP contribution in [0.3, 0.4) is 0 Å². The molecule has 0 aromatic heterocycles. The van der Waals surface area contributed by atoms with Gasteiger partial charge in [0, 0.05) is 19.4 Å². The number of carbonyl (C=O) groups excluding carboxylic acids is 1. The van der Waals surface area contributed by atoms with Gasteiger partial charge in [0.25, 0.3) is 0 Å². The number of aliphatic hydroxyl groups excluding tert-OH is 4. The Bertz CT molecular complexity index is 235. The van der Waals surface area contributed by atoms with E-state index in [0.717, 1.165) is 0 Å². The van der Waals surface area contributed by atoms with Gasteiger partial charge < -0.3 is 25.7 Å². The summed E-state index contributed by atoms with van der Waals surface area (Å²) < 4.78 is 0. The van der Waals surface area contributed by atoms with Gasteiger partial charge in [0.2, 0.25) is 5.91 Å². The number of amides is 1. The molecule has 1 aliphatic carbocycles. The highest BCUT2D eigenvalue weighted by molar-refractivity contribution is 5.73. The Balaban J connectivity index is 2.70. The van der Waals surface area contributed by atoms with Gasteiger partial charge >= 0.3 is 0 Å². The molecule has 0 heterocycles. The lowest BCUT2D eigenvalue weighted by Crippen LogP contribution is -2.60. The third-order valence-electron chi connectivity index (χ3n) is 2.76. The molecule has 15 heavy (non-hydrogen) atoms. The van der Waals surface area contributed by atoms with E-state index < -0.39 is 30.3 Å². The standard InChI is InChI=1S/C9H17NO5/c1-4(12)10-7-6(13)2-5(3-11)8(14)9(7)15/h5-9,11,13-15H,2-3H2,1H3,(H,10,12)/t5-,6+,7-,8-,9-/m0/s1. The molecule has 88 valence electrons. The molecule has 6 nitrogen and oxygen atoms in total. The van der Waals surface area contributed by atoms with Gasteiger partial charge in [-0.25, -0.2) is 0 Å². The highest BCUT2D eigenvalue weighted by Gasteiger charge is 2.42. The van der Waals surface area contributed by atoms with Crippen LogP contribution >= 0.6 is 0 Å². The number of carbonyl (C=O) groups is 1. The fourth-order valence-corrected chi connectivity index (χ4v) is 1.91. The summed E-state index contributed by atoms with van der Waals surface area (Å²) in [6, 6.07) is -0.875. The van der Waals surface area contributed by atoms with Gasteiger partial charge in [0.15, 0.2) is 0 Å². The lowest BCUT2D eigenvalue weighted by molar-refractivity contribution is -0.133. The summed E-state index contributed by atoms with van der Waals surface area (Å²) in [4.78, 5) is 10.8. The van der Waals surface area contributed by atoms with Crippen molar-refractivity contribution in [3.05, 3.63) is 0 Å². The molecule has 0 aromatic rings. The van der Waals surface area contributed by atoms with Crippen LogP contribution in [-0.4, -0.2) is 57.3 Å². The van der Waals surface area contributed by atoms with Crippen LogP contribution in [0.5, 0.6) is 0 Å². The first-order valence-electron chi connectivity index (χ1n) is 4.89. The van der Waals surface area contributed by atoms with Gasteiger partial charge in [-0.2, -0.15) is 0 Å². The quantitative estimate of drug-likeness (QED) is 0.355. The van der Waals surface area contributed by atoms with Crippen molar-refractivity contribution in [2.75, 3.05) is 6.61 Å². The third kappa shape index (κ3) is 2.66. The summed E-state index contributed by atoms with van der Waals surface area (Å²) in [5, 5.41) is 40.1. The van der Waals surface area contributed by atoms with E-state index in [1.165, 1.54) is 6.92 Å². The molecule has 1 amide bonds. The fraction of sp³-hybridized carbons (Fsp3) is 0.889. The molecule has 6 heteroatoms. The number of aliphatic hydroxyl groups is 4. The Morgan fingerprint density at radius 3 is 2.40 bits per heavy atom. The maximum Gasteiger partial charge on any atom is 0.217 e. The Hall–Kier alpha value is -0.690. The molecule has 0 bridgehead atoms. The molecule has 0 spiro atoms. The number of hydrogen-bond donors (Lipinski definition) is 5. The first-order valence-corrected chi connectivity index (χ1v) is 4.89. The van der Waals surface area contributed by atoms with Gasteiger partial charge in [-0.15, -0.1) is 0 Å². The molecule has 0 aliphatic heterocycles. The SMILES string of the molecule is CC(=O)N[C@@H]1[C@H](O)[C@@H](O)[C@H](CO)C[C@H]1O. The van der Waals surface area contributed by atoms with Crippen molar-refractivity contribution in [3.63, 3.8) is 0 Å². The fourth-order valence-electron chi connectivity index (χ4n) is 1.91. The van der Waals surface area contributed by atoms with E-state index in [-0.39, 0.29) is 18.9 Å². The lowest BCUT2D eigenvalue weighted by Gasteiger charge is -2.40. The zero-order chi connectivity index (χ0) is 11.6. The van der Waals surface area contributed by atoms with Crippen molar-refractivity contribution >= 4 is 5.91 Å². The summed E-state index contributed by atoms with van der Waals surface area (Å²) in [6.45, 7) is 0.964. The Morgan fingerprint density at radius 2 is 1.93 bits per heavy atom. The van der Waals surface area contributed by atoms with Crippen LogP contribution in [0.25, 0.3) is 0 Å². The van der Waals surface area contributed by atoms with Crippen LogP contribution in [0.1, 0.15) is 13.3 Å². The first kappa shape index (κ1) is 12.4. The van der Waals surface area contributed by atoms with E-state index in [4.69, 9.17) is 5.11 Å². The molecule has 1 aliphatic rings. The minimum absolute atomic E-state index is 0.152. The normalized spacial score (nSPS) is 41.3. The average Bonchev–Trinajstić information content (AvgIpc) is 2.18. The predicted molar refractivity (Wildman–Crippen MR) is 50.8 cm³/mol. The minimum Gasteiger partial charge on any atom is -0.396 e. The van der Waals surface area contributed by atoms with Gasteiger partial charge in [0.05, 0.1) is 18.2 Å². The smallest absolute Gasteiger partial charge is 0.217 e. The van der Waals surface area contributed by atoms with Gasteiger partial charge in [-0.05, 0) is 6.42 Å². The number of rotatable bonds is 2. The molecule has 5 N–H and O–H groups in total. The Labute approximate surface area is 87.5 Å². The molecule has 0 radical (unpaired) electrons. The minimum atomic E-state index is -1.25. The molecule has 1 fully saturated rings. The summed E-state index contributed by atoms with van der Waals surface area (Å²) in [5.41, 5.74) is 0. The summed E-state index contributed by atoms with van der Waals surface area (Å²) in [5.74, 6) is -0.937. The maximum atomic E-state index is 10.8. The van der Waals surface area contributed by atoms with E-state index in [1.54, 1.807) is 0 Å². The van der Waals surface area contributed by atoms with Crippen LogP contribution in [0.2, 0.25) is 0 Å². The van der Waals surface area contributed by atoms with Crippen molar-refractivity contribution in [3.8, 4) is 0 Å². The van der Waals surface area contributed by atoms with E-state index in [0.29, 0.717) is 0 Å². The molecular weight excluding hydrogens is 202 g/mol. The Kier molecular flexibility index (Phi) is 4.04. The largest absolute Gasteiger partial charge is 0.396 e. The summed E-state index contributed by atoms with van der Waals surface area (Å²) in [7, 11) is 0. The zero-order valence-corrected chi connectivity index (χ0v) is 8.50. The number of nitrogens with one attached hydrogen (secondary N) is 1. The van der Waals surface area contributed by atoms with E-state index in [2.05, 4.69) is 5.32 Å². The van der Waals surface area contributed by atoms with Crippen LogP contribution in [0.4, 0.5) is 0 Å². The molecule has 0 aromatic carbocycles. The second-order valence-corrected chi connectivity index (χ2v) is 3.95. The maximum absolute atomic E-state index is 10.8. The van der Waals surface area contributed by atoms with Gasteiger partial charge in [-0.3, -0.25) is 4.79 Å². The van der Waals surface area contributed by atoms with Gasteiger partial charge in [0.1, 0.15) is 6.10 Å². The van der Waals surface area contributed by atoms with Gasteiger partial charge in [-0.1, -0.05) is 0 Å². The van der Waals surface area contributed by atoms with Crippen molar-refractivity contribution in [2.45, 2.75) is 37.7 Å². The summed E-state index contributed by atoms with van der Waals surface area (Å²) in [6.07, 6.45) is -3.19.